The number of ether oxygens (including phenoxy) is 1. The molecule has 2 rings (SSSR count). The van der Waals surface area contributed by atoms with Gasteiger partial charge in [0.05, 0.1) is 0 Å². The van der Waals surface area contributed by atoms with Gasteiger partial charge in [-0.25, -0.2) is 0 Å². The van der Waals surface area contributed by atoms with Crippen molar-refractivity contribution in [2.75, 3.05) is 6.54 Å². The van der Waals surface area contributed by atoms with Gasteiger partial charge in [-0.2, -0.15) is 0 Å². The minimum absolute atomic E-state index is 0. The Morgan fingerprint density at radius 2 is 2.00 bits per heavy atom. The summed E-state index contributed by atoms with van der Waals surface area (Å²) in [7, 11) is 0. The number of amides is 1. The van der Waals surface area contributed by atoms with E-state index in [-0.39, 0.29) is 24.4 Å². The van der Waals surface area contributed by atoms with Crippen LogP contribution in [0, 0.1) is 19.8 Å². The zero-order valence-corrected chi connectivity index (χ0v) is 14.6. The minimum atomic E-state index is -0.428. The molecule has 0 spiro atoms. The van der Waals surface area contributed by atoms with Gasteiger partial charge < -0.3 is 15.8 Å². The monoisotopic (exact) mass is 326 g/mol. The third-order valence-corrected chi connectivity index (χ3v) is 4.03. The van der Waals surface area contributed by atoms with Crippen molar-refractivity contribution in [3.05, 3.63) is 28.8 Å². The SMILES string of the molecule is Cc1cc2c(cc1C)OC(C(=O)NC(CN)CC(C)C)C2.Cl. The molecule has 1 aromatic carbocycles. The molecular formula is C17H27ClN2O2. The molecule has 0 saturated heterocycles. The lowest BCUT2D eigenvalue weighted by atomic mass is 10.0. The minimum Gasteiger partial charge on any atom is -0.480 e. The van der Waals surface area contributed by atoms with Crippen LogP contribution in [0.1, 0.15) is 37.0 Å². The summed E-state index contributed by atoms with van der Waals surface area (Å²) >= 11 is 0. The molecule has 0 saturated carbocycles. The van der Waals surface area contributed by atoms with Gasteiger partial charge in [-0.1, -0.05) is 19.9 Å². The Hall–Kier alpha value is -1.26. The number of hydrogen-bond acceptors (Lipinski definition) is 3. The van der Waals surface area contributed by atoms with Crippen LogP contribution in [-0.4, -0.2) is 24.6 Å². The molecule has 2 atom stereocenters. The Morgan fingerprint density at radius 1 is 1.36 bits per heavy atom. The van der Waals surface area contributed by atoms with Gasteiger partial charge in [0.15, 0.2) is 6.10 Å². The lowest BCUT2D eigenvalue weighted by molar-refractivity contribution is -0.128. The van der Waals surface area contributed by atoms with E-state index in [1.165, 1.54) is 11.1 Å². The Bertz CT molecular complexity index is 501. The highest BCUT2D eigenvalue weighted by atomic mass is 35.5. The average Bonchev–Trinajstić information content (AvgIpc) is 2.80. The maximum atomic E-state index is 12.3. The first-order valence-electron chi connectivity index (χ1n) is 7.68. The molecule has 1 aliphatic heterocycles. The molecule has 0 aromatic heterocycles. The lowest BCUT2D eigenvalue weighted by Gasteiger charge is -2.20. The van der Waals surface area contributed by atoms with E-state index in [9.17, 15) is 4.79 Å². The summed E-state index contributed by atoms with van der Waals surface area (Å²) in [6.45, 7) is 8.85. The van der Waals surface area contributed by atoms with Crippen molar-refractivity contribution in [3.63, 3.8) is 0 Å². The van der Waals surface area contributed by atoms with Crippen molar-refractivity contribution in [2.45, 2.75) is 52.7 Å². The summed E-state index contributed by atoms with van der Waals surface area (Å²) in [5.74, 6) is 1.29. The number of nitrogens with two attached hydrogens (primary N) is 1. The number of fused-ring (bicyclic) bond motifs is 1. The fourth-order valence-electron chi connectivity index (χ4n) is 2.74. The van der Waals surface area contributed by atoms with E-state index in [0.717, 1.165) is 17.7 Å². The topological polar surface area (TPSA) is 64.3 Å². The van der Waals surface area contributed by atoms with Gasteiger partial charge in [0.1, 0.15) is 5.75 Å². The van der Waals surface area contributed by atoms with E-state index in [1.54, 1.807) is 0 Å². The van der Waals surface area contributed by atoms with E-state index >= 15 is 0 Å². The summed E-state index contributed by atoms with van der Waals surface area (Å²) in [5.41, 5.74) is 9.28. The Labute approximate surface area is 139 Å². The summed E-state index contributed by atoms with van der Waals surface area (Å²) in [4.78, 5) is 12.3. The van der Waals surface area contributed by atoms with Crippen molar-refractivity contribution >= 4 is 18.3 Å². The van der Waals surface area contributed by atoms with E-state index < -0.39 is 6.10 Å². The fourth-order valence-corrected chi connectivity index (χ4v) is 2.74. The van der Waals surface area contributed by atoms with Crippen LogP contribution in [0.3, 0.4) is 0 Å². The number of hydrogen-bond donors (Lipinski definition) is 2. The summed E-state index contributed by atoms with van der Waals surface area (Å²) in [6.07, 6.45) is 1.10. The van der Waals surface area contributed by atoms with E-state index in [1.807, 2.05) is 6.07 Å². The number of benzene rings is 1. The Balaban J connectivity index is 0.00000242. The number of carbonyl (C=O) groups is 1. The van der Waals surface area contributed by atoms with E-state index in [2.05, 4.69) is 39.1 Å². The largest absolute Gasteiger partial charge is 0.480 e. The quantitative estimate of drug-likeness (QED) is 0.874. The molecule has 1 amide bonds. The number of halogens is 1. The van der Waals surface area contributed by atoms with Gasteiger partial charge in [-0.3, -0.25) is 4.79 Å². The maximum Gasteiger partial charge on any atom is 0.261 e. The number of rotatable bonds is 5. The second-order valence-corrected chi connectivity index (χ2v) is 6.43. The zero-order chi connectivity index (χ0) is 15.6. The molecule has 1 heterocycles. The van der Waals surface area contributed by atoms with Crippen LogP contribution in [0.15, 0.2) is 12.1 Å². The molecule has 0 aliphatic carbocycles. The molecule has 1 aromatic rings. The van der Waals surface area contributed by atoms with Crippen LogP contribution in [0.4, 0.5) is 0 Å². The molecule has 1 aliphatic rings. The maximum absolute atomic E-state index is 12.3. The van der Waals surface area contributed by atoms with Gasteiger partial charge >= 0.3 is 0 Å². The van der Waals surface area contributed by atoms with Crippen molar-refractivity contribution in [2.24, 2.45) is 11.7 Å². The molecule has 4 nitrogen and oxygen atoms in total. The standard InChI is InChI=1S/C17H26N2O2.ClH/c1-10(2)5-14(9-18)19-17(20)16-8-13-6-11(3)12(4)7-15(13)21-16;/h6-7,10,14,16H,5,8-9,18H2,1-4H3,(H,19,20);1H. The second kappa shape index (κ2) is 7.84. The van der Waals surface area contributed by atoms with E-state index in [0.29, 0.717) is 18.9 Å². The highest BCUT2D eigenvalue weighted by Crippen LogP contribution is 2.31. The van der Waals surface area contributed by atoms with Gasteiger partial charge in [0.2, 0.25) is 0 Å². The highest BCUT2D eigenvalue weighted by Gasteiger charge is 2.30. The molecule has 0 bridgehead atoms. The predicted molar refractivity (Wildman–Crippen MR) is 91.7 cm³/mol. The van der Waals surface area contributed by atoms with Gasteiger partial charge in [-0.05, 0) is 48.9 Å². The van der Waals surface area contributed by atoms with Crippen molar-refractivity contribution in [1.82, 2.24) is 5.32 Å². The van der Waals surface area contributed by atoms with Crippen LogP contribution in [0.5, 0.6) is 5.75 Å². The van der Waals surface area contributed by atoms with Gasteiger partial charge in [-0.15, -0.1) is 12.4 Å². The molecular weight excluding hydrogens is 300 g/mol. The number of nitrogens with one attached hydrogen (secondary N) is 1. The molecule has 0 radical (unpaired) electrons. The molecule has 3 N–H and O–H groups in total. The first-order chi connectivity index (χ1) is 9.90. The Morgan fingerprint density at radius 3 is 2.59 bits per heavy atom. The normalized spacial score (nSPS) is 17.5. The molecule has 0 fully saturated rings. The molecule has 5 heteroatoms. The average molecular weight is 327 g/mol. The predicted octanol–water partition coefficient (Wildman–Crippen LogP) is 2.52. The highest BCUT2D eigenvalue weighted by molar-refractivity contribution is 5.85. The van der Waals surface area contributed by atoms with Crippen LogP contribution < -0.4 is 15.8 Å². The van der Waals surface area contributed by atoms with Crippen LogP contribution in [0.25, 0.3) is 0 Å². The molecule has 2 unspecified atom stereocenters. The van der Waals surface area contributed by atoms with Crippen LogP contribution in [0.2, 0.25) is 0 Å². The first-order valence-corrected chi connectivity index (χ1v) is 7.68. The van der Waals surface area contributed by atoms with Crippen LogP contribution >= 0.6 is 12.4 Å². The van der Waals surface area contributed by atoms with Crippen molar-refractivity contribution in [3.8, 4) is 5.75 Å². The third kappa shape index (κ3) is 4.37. The Kier molecular flexibility index (Phi) is 6.69. The molecule has 22 heavy (non-hydrogen) atoms. The smallest absolute Gasteiger partial charge is 0.261 e. The van der Waals surface area contributed by atoms with Crippen molar-refractivity contribution < 1.29 is 9.53 Å². The number of aryl methyl sites for hydroxylation is 2. The summed E-state index contributed by atoms with van der Waals surface area (Å²) < 4.78 is 5.80. The summed E-state index contributed by atoms with van der Waals surface area (Å²) in [5, 5.41) is 3.02. The van der Waals surface area contributed by atoms with Gasteiger partial charge in [0.25, 0.3) is 5.91 Å². The number of carbonyl (C=O) groups excluding carboxylic acids is 1. The van der Waals surface area contributed by atoms with E-state index in [4.69, 9.17) is 10.5 Å². The lowest BCUT2D eigenvalue weighted by Crippen LogP contribution is -2.46. The fraction of sp³-hybridized carbons (Fsp3) is 0.588. The van der Waals surface area contributed by atoms with Crippen LogP contribution in [-0.2, 0) is 11.2 Å². The second-order valence-electron chi connectivity index (χ2n) is 6.43. The third-order valence-electron chi connectivity index (χ3n) is 4.03. The zero-order valence-electron chi connectivity index (χ0n) is 13.8. The van der Waals surface area contributed by atoms with Gasteiger partial charge in [0, 0.05) is 19.0 Å². The molecule has 124 valence electrons. The van der Waals surface area contributed by atoms with Crippen molar-refractivity contribution in [1.29, 1.82) is 0 Å². The first kappa shape index (κ1) is 18.8. The summed E-state index contributed by atoms with van der Waals surface area (Å²) in [6, 6.07) is 4.16.